The van der Waals surface area contributed by atoms with Crippen molar-refractivity contribution in [3.63, 3.8) is 0 Å². The fourth-order valence-corrected chi connectivity index (χ4v) is 0. The zero-order valence-electron chi connectivity index (χ0n) is 2.50. The van der Waals surface area contributed by atoms with E-state index in [2.05, 4.69) is 0 Å². The van der Waals surface area contributed by atoms with Gasteiger partial charge < -0.3 is 11.0 Å². The molecule has 0 heterocycles. The third-order valence-electron chi connectivity index (χ3n) is 0. The minimum atomic E-state index is 0. The summed E-state index contributed by atoms with van der Waals surface area (Å²) in [6.07, 6.45) is 0. The van der Waals surface area contributed by atoms with Crippen molar-refractivity contribution < 1.29 is 76.1 Å². The minimum Gasteiger partial charge on any atom is -0.412 e. The summed E-state index contributed by atoms with van der Waals surface area (Å²) in [6.45, 7) is 0. The second-order valence-corrected chi connectivity index (χ2v) is 0. The van der Waals surface area contributed by atoms with Crippen molar-refractivity contribution >= 4 is 0 Å². The summed E-state index contributed by atoms with van der Waals surface area (Å²) < 4.78 is 0. The van der Waals surface area contributed by atoms with E-state index in [4.69, 9.17) is 0 Å². The smallest absolute Gasteiger partial charge is 0 e. The van der Waals surface area contributed by atoms with Gasteiger partial charge >= 0.3 is 0 Å². The molecular weight excluding hydrogens is 176 g/mol. The number of hydrogen-bond donors (Lipinski definition) is 0. The Hall–Kier alpha value is 2.06. The summed E-state index contributed by atoms with van der Waals surface area (Å²) in [6, 6.07) is 0. The summed E-state index contributed by atoms with van der Waals surface area (Å²) in [5.74, 6) is 0. The first kappa shape index (κ1) is 61.0. The average molecular weight is 180 g/mol. The van der Waals surface area contributed by atoms with E-state index in [0.29, 0.717) is 0 Å². The molecule has 0 aliphatic heterocycles. The van der Waals surface area contributed by atoms with E-state index in [1.54, 1.807) is 0 Å². The monoisotopic (exact) mass is 180 g/mol. The molecule has 0 atom stereocenters. The molecule has 28 valence electrons. The predicted molar refractivity (Wildman–Crippen MR) is 7.23 cm³/mol. The molecule has 5 heteroatoms. The quantitative estimate of drug-likeness (QED) is 0.400. The van der Waals surface area contributed by atoms with Crippen LogP contribution in [0.5, 0.6) is 0 Å². The largest absolute Gasteiger partial charge is 0.412 e. The fraction of sp³-hybridized carbons (Fsp3) is 0. The van der Waals surface area contributed by atoms with E-state index < -0.39 is 0 Å². The van der Waals surface area contributed by atoms with Crippen molar-refractivity contribution in [2.75, 3.05) is 0 Å². The van der Waals surface area contributed by atoms with Crippen molar-refractivity contribution in [2.45, 2.75) is 0 Å². The predicted octanol–water partition coefficient (Wildman–Crippen LogP) is -1.66. The van der Waals surface area contributed by atoms with Gasteiger partial charge in [-0.05, 0) is 0 Å². The second kappa shape index (κ2) is 36.5. The van der Waals surface area contributed by atoms with Crippen LogP contribution in [0.1, 0.15) is 0 Å². The normalized spacial score (nSPS) is 0. The SMILES string of the molecule is O.O.[Ti].[Ti].[Ti]. The molecule has 0 fully saturated rings. The van der Waals surface area contributed by atoms with Gasteiger partial charge in [0.2, 0.25) is 0 Å². The maximum Gasteiger partial charge on any atom is 0 e. The van der Waals surface area contributed by atoms with Crippen LogP contribution in [0.2, 0.25) is 0 Å². The van der Waals surface area contributed by atoms with Crippen molar-refractivity contribution in [3.8, 4) is 0 Å². The molecule has 5 heavy (non-hydrogen) atoms. The van der Waals surface area contributed by atoms with Gasteiger partial charge in [0.1, 0.15) is 0 Å². The number of rotatable bonds is 0. The Morgan fingerprint density at radius 3 is 0.400 bits per heavy atom. The molecule has 0 aliphatic carbocycles. The molecular formula is H4O2Ti3. The molecule has 0 aliphatic rings. The molecule has 2 nitrogen and oxygen atoms in total. The Kier molecular flexibility index (Phi) is 446. The zero-order chi connectivity index (χ0) is 0. The molecule has 0 aromatic carbocycles. The van der Waals surface area contributed by atoms with Crippen molar-refractivity contribution in [2.24, 2.45) is 0 Å². The van der Waals surface area contributed by atoms with Crippen LogP contribution in [0.3, 0.4) is 0 Å². The maximum absolute atomic E-state index is 0. The molecule has 0 spiro atoms. The van der Waals surface area contributed by atoms with Gasteiger partial charge in [-0.25, -0.2) is 0 Å². The van der Waals surface area contributed by atoms with Gasteiger partial charge in [0, 0.05) is 65.2 Å². The summed E-state index contributed by atoms with van der Waals surface area (Å²) >= 11 is 0. The molecule has 0 saturated carbocycles. The molecule has 0 unspecified atom stereocenters. The molecule has 0 radical (unpaired) electrons. The molecule has 0 rings (SSSR count). The van der Waals surface area contributed by atoms with Crippen LogP contribution >= 0.6 is 0 Å². The van der Waals surface area contributed by atoms with Gasteiger partial charge in [-0.2, -0.15) is 0 Å². The van der Waals surface area contributed by atoms with Crippen molar-refractivity contribution in [3.05, 3.63) is 0 Å². The first-order chi connectivity index (χ1) is 0. The summed E-state index contributed by atoms with van der Waals surface area (Å²) in [5, 5.41) is 0. The Morgan fingerprint density at radius 2 is 0.400 bits per heavy atom. The van der Waals surface area contributed by atoms with E-state index >= 15 is 0 Å². The van der Waals surface area contributed by atoms with Gasteiger partial charge in [-0.3, -0.25) is 0 Å². The third-order valence-corrected chi connectivity index (χ3v) is 0. The Bertz CT molecular complexity index is 4.85. The van der Waals surface area contributed by atoms with Crippen molar-refractivity contribution in [1.29, 1.82) is 0 Å². The van der Waals surface area contributed by atoms with Crippen LogP contribution in [-0.4, -0.2) is 11.0 Å². The number of hydrogen-bond acceptors (Lipinski definition) is 0. The Balaban J connectivity index is 0. The van der Waals surface area contributed by atoms with Crippen LogP contribution in [-0.2, 0) is 65.2 Å². The van der Waals surface area contributed by atoms with Crippen LogP contribution in [0.15, 0.2) is 0 Å². The van der Waals surface area contributed by atoms with E-state index in [0.717, 1.165) is 0 Å². The van der Waals surface area contributed by atoms with E-state index in [-0.39, 0.29) is 76.1 Å². The minimum absolute atomic E-state index is 0. The van der Waals surface area contributed by atoms with Gasteiger partial charge in [0.25, 0.3) is 0 Å². The van der Waals surface area contributed by atoms with Crippen LogP contribution in [0.4, 0.5) is 0 Å². The standard InChI is InChI=1S/2H2O.3Ti/h2*1H2;;;. The maximum atomic E-state index is 0. The van der Waals surface area contributed by atoms with Crippen LogP contribution < -0.4 is 0 Å². The van der Waals surface area contributed by atoms with E-state index in [1.807, 2.05) is 0 Å². The molecule has 0 saturated heterocycles. The molecule has 0 amide bonds. The van der Waals surface area contributed by atoms with Crippen molar-refractivity contribution in [1.82, 2.24) is 0 Å². The zero-order valence-corrected chi connectivity index (χ0v) is 7.18. The Labute approximate surface area is 75.3 Å². The van der Waals surface area contributed by atoms with E-state index in [9.17, 15) is 0 Å². The molecule has 0 aromatic rings. The molecule has 4 N–H and O–H groups in total. The Morgan fingerprint density at radius 1 is 0.400 bits per heavy atom. The van der Waals surface area contributed by atoms with E-state index in [1.165, 1.54) is 0 Å². The van der Waals surface area contributed by atoms with Crippen LogP contribution in [0, 0.1) is 0 Å². The first-order valence-corrected chi connectivity index (χ1v) is 0. The summed E-state index contributed by atoms with van der Waals surface area (Å²) in [4.78, 5) is 0. The molecule has 0 aromatic heterocycles. The summed E-state index contributed by atoms with van der Waals surface area (Å²) in [5.41, 5.74) is 0. The third kappa shape index (κ3) is 23.5. The van der Waals surface area contributed by atoms with Gasteiger partial charge in [-0.1, -0.05) is 0 Å². The average Bonchev–Trinajstić information content (AvgIpc) is 0. The fourth-order valence-electron chi connectivity index (χ4n) is 0. The summed E-state index contributed by atoms with van der Waals surface area (Å²) in [7, 11) is 0. The first-order valence-electron chi connectivity index (χ1n) is 0. The van der Waals surface area contributed by atoms with Crippen LogP contribution in [0.25, 0.3) is 0 Å². The molecule has 0 bridgehead atoms. The second-order valence-electron chi connectivity index (χ2n) is 0. The van der Waals surface area contributed by atoms with Gasteiger partial charge in [-0.15, -0.1) is 0 Å². The van der Waals surface area contributed by atoms with Gasteiger partial charge in [0.05, 0.1) is 0 Å². The van der Waals surface area contributed by atoms with Gasteiger partial charge in [0.15, 0.2) is 0 Å². The topological polar surface area (TPSA) is 63.0 Å².